The lowest BCUT2D eigenvalue weighted by Gasteiger charge is -2.38. The highest BCUT2D eigenvalue weighted by Gasteiger charge is 2.49. The summed E-state index contributed by atoms with van der Waals surface area (Å²) in [6.07, 6.45) is 2.88. The van der Waals surface area contributed by atoms with Gasteiger partial charge in [-0.05, 0) is 25.0 Å². The Hall–Kier alpha value is -3.16. The smallest absolute Gasteiger partial charge is 0.322 e. The molecule has 0 saturated carbocycles. The third-order valence-electron chi connectivity index (χ3n) is 4.95. The summed E-state index contributed by atoms with van der Waals surface area (Å²) in [5.41, 5.74) is 1.20. The molecule has 126 valence electrons. The van der Waals surface area contributed by atoms with Crippen molar-refractivity contribution >= 4 is 39.8 Å². The molecule has 1 atom stereocenters. The van der Waals surface area contributed by atoms with Crippen LogP contribution in [0.3, 0.4) is 0 Å². The van der Waals surface area contributed by atoms with Crippen molar-refractivity contribution in [2.24, 2.45) is 0 Å². The second-order valence-electron chi connectivity index (χ2n) is 6.49. The molecule has 0 radical (unpaired) electrons. The maximum atomic E-state index is 12.3. The summed E-state index contributed by atoms with van der Waals surface area (Å²) in [5, 5.41) is 6.04. The monoisotopic (exact) mass is 337 g/mol. The van der Waals surface area contributed by atoms with Crippen LogP contribution in [0.25, 0.3) is 22.1 Å². The largest absolute Gasteiger partial charge is 0.450 e. The summed E-state index contributed by atoms with van der Waals surface area (Å²) in [6, 6.07) is 7.26. The van der Waals surface area contributed by atoms with Crippen molar-refractivity contribution in [3.8, 4) is 0 Å². The first-order valence-electron chi connectivity index (χ1n) is 8.17. The maximum Gasteiger partial charge on any atom is 0.322 e. The predicted molar refractivity (Wildman–Crippen MR) is 90.2 cm³/mol. The van der Waals surface area contributed by atoms with Gasteiger partial charge in [0.15, 0.2) is 11.4 Å². The van der Waals surface area contributed by atoms with Gasteiger partial charge in [0, 0.05) is 11.9 Å². The second kappa shape index (κ2) is 4.92. The van der Waals surface area contributed by atoms with Crippen molar-refractivity contribution in [3.63, 3.8) is 0 Å². The van der Waals surface area contributed by atoms with Gasteiger partial charge in [-0.2, -0.15) is 0 Å². The van der Waals surface area contributed by atoms with Gasteiger partial charge in [0.05, 0.1) is 6.54 Å². The van der Waals surface area contributed by atoms with Gasteiger partial charge in [-0.1, -0.05) is 12.1 Å². The highest BCUT2D eigenvalue weighted by atomic mass is 16.3. The standard InChI is InChI=1S/C17H15N5O3/c23-15-17(21-16(24)20-15)6-3-7-22(8-17)14-13-12(18-9-19-14)10-4-1-2-5-11(10)25-13/h1-2,4-5,9H,3,6-8H2,(H2,20,21,23,24). The van der Waals surface area contributed by atoms with E-state index < -0.39 is 11.6 Å². The van der Waals surface area contributed by atoms with Crippen LogP contribution in [0.4, 0.5) is 10.6 Å². The molecule has 2 fully saturated rings. The van der Waals surface area contributed by atoms with Crippen LogP contribution in [0.15, 0.2) is 35.0 Å². The first-order valence-corrected chi connectivity index (χ1v) is 8.17. The van der Waals surface area contributed by atoms with E-state index in [1.807, 2.05) is 29.2 Å². The zero-order chi connectivity index (χ0) is 17.0. The summed E-state index contributed by atoms with van der Waals surface area (Å²) < 4.78 is 5.98. The molecular weight excluding hydrogens is 322 g/mol. The number of furan rings is 1. The summed E-state index contributed by atoms with van der Waals surface area (Å²) in [6.45, 7) is 1.09. The highest BCUT2D eigenvalue weighted by molar-refractivity contribution is 6.08. The topological polar surface area (TPSA) is 100 Å². The Bertz CT molecular complexity index is 1030. The molecule has 2 N–H and O–H groups in total. The Kier molecular flexibility index (Phi) is 2.79. The summed E-state index contributed by atoms with van der Waals surface area (Å²) in [5.74, 6) is 0.367. The van der Waals surface area contributed by atoms with Gasteiger partial charge in [0.25, 0.3) is 5.91 Å². The fourth-order valence-electron chi connectivity index (χ4n) is 3.79. The third-order valence-corrected chi connectivity index (χ3v) is 4.95. The fraction of sp³-hybridized carbons (Fsp3) is 0.294. The third kappa shape index (κ3) is 2.00. The Morgan fingerprint density at radius 3 is 2.92 bits per heavy atom. The van der Waals surface area contributed by atoms with Crippen molar-refractivity contribution in [3.05, 3.63) is 30.6 Å². The minimum atomic E-state index is -0.904. The molecule has 25 heavy (non-hydrogen) atoms. The molecule has 3 amide bonds. The number of nitrogens with one attached hydrogen (secondary N) is 2. The van der Waals surface area contributed by atoms with E-state index in [0.717, 1.165) is 29.5 Å². The van der Waals surface area contributed by atoms with Crippen LogP contribution in [-0.2, 0) is 4.79 Å². The zero-order valence-electron chi connectivity index (χ0n) is 13.3. The van der Waals surface area contributed by atoms with Crippen LogP contribution in [0.5, 0.6) is 0 Å². The molecule has 1 unspecified atom stereocenters. The molecule has 2 aliphatic heterocycles. The number of imide groups is 1. The number of piperidine rings is 1. The average molecular weight is 337 g/mol. The normalized spacial score (nSPS) is 23.4. The van der Waals surface area contributed by atoms with Crippen LogP contribution in [0.1, 0.15) is 12.8 Å². The number of urea groups is 1. The molecular formula is C17H15N5O3. The molecule has 2 aromatic heterocycles. The van der Waals surface area contributed by atoms with E-state index in [1.165, 1.54) is 6.33 Å². The number of amides is 3. The number of nitrogens with zero attached hydrogens (tertiary/aromatic N) is 3. The van der Waals surface area contributed by atoms with E-state index >= 15 is 0 Å². The van der Waals surface area contributed by atoms with Gasteiger partial charge in [0.1, 0.15) is 23.0 Å². The molecule has 1 spiro atoms. The number of fused-ring (bicyclic) bond motifs is 3. The van der Waals surface area contributed by atoms with Crippen molar-refractivity contribution in [1.82, 2.24) is 20.6 Å². The van der Waals surface area contributed by atoms with Crippen molar-refractivity contribution < 1.29 is 14.0 Å². The number of benzene rings is 1. The minimum absolute atomic E-state index is 0.280. The van der Waals surface area contributed by atoms with Gasteiger partial charge >= 0.3 is 6.03 Å². The van der Waals surface area contributed by atoms with E-state index in [2.05, 4.69) is 20.6 Å². The molecule has 3 aromatic rings. The fourth-order valence-corrected chi connectivity index (χ4v) is 3.79. The van der Waals surface area contributed by atoms with Crippen LogP contribution in [-0.4, -0.2) is 40.5 Å². The lowest BCUT2D eigenvalue weighted by atomic mass is 9.89. The molecule has 2 aliphatic rings. The number of rotatable bonds is 1. The van der Waals surface area contributed by atoms with Crippen LogP contribution in [0.2, 0.25) is 0 Å². The molecule has 0 aliphatic carbocycles. The van der Waals surface area contributed by atoms with Crippen molar-refractivity contribution in [2.75, 3.05) is 18.0 Å². The maximum absolute atomic E-state index is 12.3. The summed E-state index contributed by atoms with van der Waals surface area (Å²) in [4.78, 5) is 34.6. The summed E-state index contributed by atoms with van der Waals surface area (Å²) >= 11 is 0. The van der Waals surface area contributed by atoms with E-state index in [-0.39, 0.29) is 5.91 Å². The van der Waals surface area contributed by atoms with Gasteiger partial charge < -0.3 is 14.6 Å². The zero-order valence-corrected chi connectivity index (χ0v) is 13.3. The molecule has 5 rings (SSSR count). The second-order valence-corrected chi connectivity index (χ2v) is 6.49. The Labute approximate surface area is 142 Å². The minimum Gasteiger partial charge on any atom is -0.450 e. The SMILES string of the molecule is O=C1NC(=O)C2(CCCN(c3ncnc4c3oc3ccccc34)C2)N1. The van der Waals surface area contributed by atoms with Crippen LogP contribution >= 0.6 is 0 Å². The number of hydrogen-bond donors (Lipinski definition) is 2. The van der Waals surface area contributed by atoms with E-state index in [9.17, 15) is 9.59 Å². The summed E-state index contributed by atoms with van der Waals surface area (Å²) in [7, 11) is 0. The lowest BCUT2D eigenvalue weighted by Crippen LogP contribution is -2.58. The lowest BCUT2D eigenvalue weighted by molar-refractivity contribution is -0.124. The number of anilines is 1. The Morgan fingerprint density at radius 2 is 2.08 bits per heavy atom. The van der Waals surface area contributed by atoms with Gasteiger partial charge in [-0.15, -0.1) is 0 Å². The number of hydrogen-bond acceptors (Lipinski definition) is 6. The van der Waals surface area contributed by atoms with Gasteiger partial charge in [-0.3, -0.25) is 10.1 Å². The molecule has 8 nitrogen and oxygen atoms in total. The predicted octanol–water partition coefficient (Wildman–Crippen LogP) is 1.55. The molecule has 0 bridgehead atoms. The Morgan fingerprint density at radius 1 is 1.20 bits per heavy atom. The molecule has 4 heterocycles. The first kappa shape index (κ1) is 14.2. The van der Waals surface area contributed by atoms with Crippen molar-refractivity contribution in [2.45, 2.75) is 18.4 Å². The first-order chi connectivity index (χ1) is 12.2. The quantitative estimate of drug-likeness (QED) is 0.654. The number of para-hydroxylation sites is 1. The van der Waals surface area contributed by atoms with Gasteiger partial charge in [0.2, 0.25) is 0 Å². The number of carbonyl (C=O) groups is 2. The van der Waals surface area contributed by atoms with E-state index in [4.69, 9.17) is 4.42 Å². The van der Waals surface area contributed by atoms with Crippen molar-refractivity contribution in [1.29, 1.82) is 0 Å². The van der Waals surface area contributed by atoms with Crippen LogP contribution in [0, 0.1) is 0 Å². The molecule has 1 aromatic carbocycles. The highest BCUT2D eigenvalue weighted by Crippen LogP contribution is 2.35. The molecule has 8 heteroatoms. The van der Waals surface area contributed by atoms with E-state index in [0.29, 0.717) is 24.4 Å². The van der Waals surface area contributed by atoms with Crippen LogP contribution < -0.4 is 15.5 Å². The molecule has 2 saturated heterocycles. The number of carbonyl (C=O) groups excluding carboxylic acids is 2. The van der Waals surface area contributed by atoms with E-state index in [1.54, 1.807) is 0 Å². The van der Waals surface area contributed by atoms with Gasteiger partial charge in [-0.25, -0.2) is 14.8 Å². The number of aromatic nitrogens is 2. The average Bonchev–Trinajstić information content (AvgIpc) is 3.12. The Balaban J connectivity index is 1.61.